The number of aromatic nitrogens is 1. The summed E-state index contributed by atoms with van der Waals surface area (Å²) in [6.07, 6.45) is 0.728. The van der Waals surface area contributed by atoms with Crippen LogP contribution in [0.1, 0.15) is 17.0 Å². The smallest absolute Gasteiger partial charge is 0.234 e. The molecule has 0 saturated carbocycles. The number of rotatable bonds is 7. The zero-order valence-electron chi connectivity index (χ0n) is 14.8. The summed E-state index contributed by atoms with van der Waals surface area (Å²) in [4.78, 5) is 14.4. The van der Waals surface area contributed by atoms with E-state index in [0.29, 0.717) is 19.8 Å². The number of nitrogens with one attached hydrogen (secondary N) is 1. The molecule has 1 aliphatic rings. The molecule has 1 saturated heterocycles. The number of ether oxygens (including phenoxy) is 1. The fraction of sp³-hybridized carbons (Fsp3) is 0.474. The first-order valence-electron chi connectivity index (χ1n) is 8.62. The molecule has 0 radical (unpaired) electrons. The molecule has 1 N–H and O–H groups in total. The lowest BCUT2D eigenvalue weighted by Crippen LogP contribution is -2.44. The van der Waals surface area contributed by atoms with Gasteiger partial charge >= 0.3 is 0 Å². The summed E-state index contributed by atoms with van der Waals surface area (Å²) < 4.78 is 10.8. The monoisotopic (exact) mass is 343 g/mol. The van der Waals surface area contributed by atoms with Crippen molar-refractivity contribution >= 4 is 5.91 Å². The summed E-state index contributed by atoms with van der Waals surface area (Å²) in [6, 6.07) is 12.1. The molecule has 0 bridgehead atoms. The Morgan fingerprint density at radius 3 is 2.84 bits per heavy atom. The highest BCUT2D eigenvalue weighted by Crippen LogP contribution is 2.19. The molecule has 1 aromatic heterocycles. The quantitative estimate of drug-likeness (QED) is 0.830. The van der Waals surface area contributed by atoms with Gasteiger partial charge in [0.05, 0.1) is 31.5 Å². The summed E-state index contributed by atoms with van der Waals surface area (Å²) in [5.41, 5.74) is 2.07. The van der Waals surface area contributed by atoms with Crippen LogP contribution in [0.15, 0.2) is 40.9 Å². The molecule has 2 heterocycles. The molecule has 1 aromatic carbocycles. The Hall–Kier alpha value is -2.18. The molecule has 134 valence electrons. The minimum absolute atomic E-state index is 0.0167. The van der Waals surface area contributed by atoms with Crippen molar-refractivity contribution in [3.63, 3.8) is 0 Å². The number of carbonyl (C=O) groups excluding carboxylic acids is 1. The number of likely N-dealkylation sites (N-methyl/N-ethyl adjacent to an activating group) is 1. The van der Waals surface area contributed by atoms with Gasteiger partial charge in [-0.3, -0.25) is 9.69 Å². The number of benzene rings is 1. The van der Waals surface area contributed by atoms with Crippen molar-refractivity contribution in [1.29, 1.82) is 0 Å². The van der Waals surface area contributed by atoms with E-state index in [-0.39, 0.29) is 17.9 Å². The lowest BCUT2D eigenvalue weighted by molar-refractivity contribution is -0.123. The maximum atomic E-state index is 12.4. The number of carbonyl (C=O) groups is 1. The maximum absolute atomic E-state index is 12.4. The van der Waals surface area contributed by atoms with Crippen molar-refractivity contribution in [3.05, 3.63) is 53.4 Å². The average Bonchev–Trinajstić information content (AvgIpc) is 3.18. The van der Waals surface area contributed by atoms with Gasteiger partial charge in [0.15, 0.2) is 0 Å². The Morgan fingerprint density at radius 1 is 1.32 bits per heavy atom. The van der Waals surface area contributed by atoms with Crippen LogP contribution in [0.5, 0.6) is 0 Å². The van der Waals surface area contributed by atoms with E-state index in [1.807, 2.05) is 43.1 Å². The average molecular weight is 343 g/mol. The third kappa shape index (κ3) is 5.14. The van der Waals surface area contributed by atoms with Crippen LogP contribution in [0.3, 0.4) is 0 Å². The van der Waals surface area contributed by atoms with Crippen LogP contribution in [0, 0.1) is 12.8 Å². The fourth-order valence-corrected chi connectivity index (χ4v) is 3.18. The second-order valence-corrected chi connectivity index (χ2v) is 6.77. The Balaban J connectivity index is 1.47. The van der Waals surface area contributed by atoms with Crippen LogP contribution >= 0.6 is 0 Å². The first-order chi connectivity index (χ1) is 12.1. The highest BCUT2D eigenvalue weighted by atomic mass is 16.5. The van der Waals surface area contributed by atoms with Crippen LogP contribution in [0.2, 0.25) is 0 Å². The number of amides is 1. The highest BCUT2D eigenvalue weighted by Gasteiger charge is 2.30. The van der Waals surface area contributed by atoms with Crippen molar-refractivity contribution in [2.45, 2.75) is 25.9 Å². The van der Waals surface area contributed by atoms with Gasteiger partial charge in [-0.1, -0.05) is 35.5 Å². The number of nitrogens with zero attached hydrogens (tertiary/aromatic N) is 2. The number of hydrogen-bond donors (Lipinski definition) is 1. The zero-order valence-corrected chi connectivity index (χ0v) is 14.8. The minimum Gasteiger partial charge on any atom is -0.379 e. The molecule has 6 heteroatoms. The fourth-order valence-electron chi connectivity index (χ4n) is 3.18. The third-order valence-corrected chi connectivity index (χ3v) is 4.39. The number of hydrogen-bond acceptors (Lipinski definition) is 5. The summed E-state index contributed by atoms with van der Waals surface area (Å²) in [5, 5.41) is 7.02. The van der Waals surface area contributed by atoms with Gasteiger partial charge in [0.25, 0.3) is 0 Å². The van der Waals surface area contributed by atoms with Crippen molar-refractivity contribution in [3.8, 4) is 0 Å². The topological polar surface area (TPSA) is 67.6 Å². The van der Waals surface area contributed by atoms with Crippen LogP contribution in [0.25, 0.3) is 0 Å². The molecule has 3 rings (SSSR count). The zero-order chi connectivity index (χ0) is 17.6. The minimum atomic E-state index is 0.0167. The standard InChI is InChI=1S/C19H25N3O3/c1-14-8-17(25-21-14)9-16-12-24-13-18(16)20-19(23)11-22(2)10-15-6-4-3-5-7-15/h3-8,16,18H,9-13H2,1-2H3,(H,20,23)/t16-,18+/m1/s1. The number of aryl methyl sites for hydroxylation is 1. The molecule has 25 heavy (non-hydrogen) atoms. The van der Waals surface area contributed by atoms with Gasteiger partial charge < -0.3 is 14.6 Å². The van der Waals surface area contributed by atoms with Gasteiger partial charge in [0.1, 0.15) is 5.76 Å². The highest BCUT2D eigenvalue weighted by molar-refractivity contribution is 5.78. The molecule has 2 atom stereocenters. The normalized spacial score (nSPS) is 20.1. The Morgan fingerprint density at radius 2 is 2.12 bits per heavy atom. The van der Waals surface area contributed by atoms with E-state index in [9.17, 15) is 4.79 Å². The van der Waals surface area contributed by atoms with Gasteiger partial charge in [-0.05, 0) is 19.5 Å². The largest absolute Gasteiger partial charge is 0.379 e. The SMILES string of the molecule is Cc1cc(C[C@@H]2COC[C@@H]2NC(=O)CN(C)Cc2ccccc2)on1. The second-order valence-electron chi connectivity index (χ2n) is 6.77. The molecular formula is C19H25N3O3. The summed E-state index contributed by atoms with van der Waals surface area (Å²) >= 11 is 0. The van der Waals surface area contributed by atoms with E-state index in [1.54, 1.807) is 0 Å². The van der Waals surface area contributed by atoms with Crippen molar-refractivity contribution in [1.82, 2.24) is 15.4 Å². The predicted octanol–water partition coefficient (Wildman–Crippen LogP) is 1.79. The molecule has 2 aromatic rings. The second kappa shape index (κ2) is 8.27. The Labute approximate surface area is 148 Å². The van der Waals surface area contributed by atoms with E-state index in [0.717, 1.165) is 24.4 Å². The van der Waals surface area contributed by atoms with Gasteiger partial charge in [-0.25, -0.2) is 0 Å². The molecule has 0 spiro atoms. The lowest BCUT2D eigenvalue weighted by atomic mass is 9.98. The van der Waals surface area contributed by atoms with E-state index >= 15 is 0 Å². The van der Waals surface area contributed by atoms with E-state index in [1.165, 1.54) is 5.56 Å². The molecule has 1 fully saturated rings. The summed E-state index contributed by atoms with van der Waals surface area (Å²) in [7, 11) is 1.95. The maximum Gasteiger partial charge on any atom is 0.234 e. The third-order valence-electron chi connectivity index (χ3n) is 4.39. The van der Waals surface area contributed by atoms with E-state index in [4.69, 9.17) is 9.26 Å². The summed E-state index contributed by atoms with van der Waals surface area (Å²) in [6.45, 7) is 4.19. The first-order valence-corrected chi connectivity index (χ1v) is 8.62. The van der Waals surface area contributed by atoms with Crippen molar-refractivity contribution in [2.75, 3.05) is 26.8 Å². The summed E-state index contributed by atoms with van der Waals surface area (Å²) in [5.74, 6) is 1.08. The van der Waals surface area contributed by atoms with Gasteiger partial charge in [-0.15, -0.1) is 0 Å². The van der Waals surface area contributed by atoms with E-state index in [2.05, 4.69) is 22.6 Å². The van der Waals surface area contributed by atoms with Crippen LogP contribution in [-0.2, 0) is 22.5 Å². The van der Waals surface area contributed by atoms with Crippen LogP contribution < -0.4 is 5.32 Å². The van der Waals surface area contributed by atoms with Gasteiger partial charge in [-0.2, -0.15) is 0 Å². The van der Waals surface area contributed by atoms with Crippen LogP contribution in [-0.4, -0.2) is 48.8 Å². The molecule has 0 aliphatic carbocycles. The van der Waals surface area contributed by atoms with E-state index < -0.39 is 0 Å². The molecule has 0 unspecified atom stereocenters. The predicted molar refractivity (Wildman–Crippen MR) is 94.0 cm³/mol. The Bertz CT molecular complexity index is 686. The van der Waals surface area contributed by atoms with Gasteiger partial charge in [0.2, 0.25) is 5.91 Å². The van der Waals surface area contributed by atoms with Gasteiger partial charge in [0, 0.05) is 24.9 Å². The van der Waals surface area contributed by atoms with Crippen molar-refractivity contribution < 1.29 is 14.1 Å². The molecular weight excluding hydrogens is 318 g/mol. The van der Waals surface area contributed by atoms with Crippen molar-refractivity contribution in [2.24, 2.45) is 5.92 Å². The van der Waals surface area contributed by atoms with Crippen LogP contribution in [0.4, 0.5) is 0 Å². The molecule has 6 nitrogen and oxygen atoms in total. The molecule has 1 aliphatic heterocycles. The molecule has 1 amide bonds. The lowest BCUT2D eigenvalue weighted by Gasteiger charge is -2.21. The Kier molecular flexibility index (Phi) is 5.83. The first kappa shape index (κ1) is 17.6.